The van der Waals surface area contributed by atoms with Crippen LogP contribution in [0.1, 0.15) is 63.0 Å². The number of esters is 1. The molecule has 0 amide bonds. The van der Waals surface area contributed by atoms with Crippen LogP contribution in [0.5, 0.6) is 5.75 Å². The van der Waals surface area contributed by atoms with Gasteiger partial charge in [-0.05, 0) is 67.0 Å². The lowest BCUT2D eigenvalue weighted by atomic mass is 9.98. The molecule has 5 nitrogen and oxygen atoms in total. The molecule has 1 heterocycles. The Balaban J connectivity index is 1.57. The summed E-state index contributed by atoms with van der Waals surface area (Å²) in [4.78, 5) is 11.9. The normalized spacial score (nSPS) is 13.0. The summed E-state index contributed by atoms with van der Waals surface area (Å²) < 4.78 is 81.4. The van der Waals surface area contributed by atoms with Gasteiger partial charge in [-0.1, -0.05) is 31.9 Å². The number of thiophene rings is 1. The van der Waals surface area contributed by atoms with Gasteiger partial charge >= 0.3 is 12.1 Å². The van der Waals surface area contributed by atoms with E-state index in [4.69, 9.17) is 20.9 Å². The van der Waals surface area contributed by atoms with Gasteiger partial charge in [-0.25, -0.2) is 8.78 Å². The third-order valence-electron chi connectivity index (χ3n) is 6.66. The quantitative estimate of drug-likeness (QED) is 0.0999. The number of carbonyl (C=O) groups is 1. The first-order chi connectivity index (χ1) is 19.4. The van der Waals surface area contributed by atoms with Crippen LogP contribution in [-0.2, 0) is 22.1 Å². The molecule has 41 heavy (non-hydrogen) atoms. The van der Waals surface area contributed by atoms with Gasteiger partial charge in [0, 0.05) is 34.5 Å². The number of unbranched alkanes of at least 4 members (excludes halogenated alkanes) is 2. The molecule has 0 aliphatic heterocycles. The molecule has 226 valence electrons. The molecule has 11 heteroatoms. The molecule has 3 aromatic rings. The maximum atomic E-state index is 14.2. The van der Waals surface area contributed by atoms with Crippen molar-refractivity contribution in [2.75, 3.05) is 19.8 Å². The maximum absolute atomic E-state index is 14.2. The topological polar surface area (TPSA) is 87.6 Å². The van der Waals surface area contributed by atoms with Crippen molar-refractivity contribution in [2.24, 2.45) is 11.5 Å². The van der Waals surface area contributed by atoms with E-state index in [9.17, 15) is 26.7 Å². The van der Waals surface area contributed by atoms with E-state index in [1.54, 1.807) is 36.4 Å². The van der Waals surface area contributed by atoms with Crippen LogP contribution in [0, 0.1) is 0 Å². The second kappa shape index (κ2) is 14.9. The molecule has 0 bridgehead atoms. The molecule has 1 atom stereocenters. The Hall–Kier alpha value is -2.76. The zero-order valence-corrected chi connectivity index (χ0v) is 23.9. The summed E-state index contributed by atoms with van der Waals surface area (Å²) in [6.07, 6.45) is -1.82. The summed E-state index contributed by atoms with van der Waals surface area (Å²) in [5.41, 5.74) is 10.8. The van der Waals surface area contributed by atoms with Crippen molar-refractivity contribution in [2.45, 2.75) is 76.4 Å². The number of ether oxygens (including phenoxy) is 2. The second-order valence-corrected chi connectivity index (χ2v) is 11.2. The summed E-state index contributed by atoms with van der Waals surface area (Å²) in [7, 11) is 0. The Morgan fingerprint density at radius 2 is 1.68 bits per heavy atom. The molecule has 0 saturated carbocycles. The molecule has 1 aromatic heterocycles. The first-order valence-electron chi connectivity index (χ1n) is 13.8. The number of nitrogens with two attached hydrogens (primary N) is 2. The molecule has 0 fully saturated rings. The predicted octanol–water partition coefficient (Wildman–Crippen LogP) is 7.72. The van der Waals surface area contributed by atoms with Crippen molar-refractivity contribution < 1.29 is 36.2 Å². The second-order valence-electron chi connectivity index (χ2n) is 10.1. The molecule has 1 unspecified atom stereocenters. The van der Waals surface area contributed by atoms with Crippen LogP contribution >= 0.6 is 11.3 Å². The van der Waals surface area contributed by atoms with E-state index in [0.717, 1.165) is 29.3 Å². The van der Waals surface area contributed by atoms with E-state index in [-0.39, 0.29) is 38.2 Å². The van der Waals surface area contributed by atoms with E-state index in [1.807, 2.05) is 0 Å². The van der Waals surface area contributed by atoms with E-state index in [2.05, 4.69) is 6.92 Å². The monoisotopic (exact) mass is 600 g/mol. The Kier molecular flexibility index (Phi) is 11.9. The number of hydrogen-bond acceptors (Lipinski definition) is 6. The third kappa shape index (κ3) is 9.93. The Bertz CT molecular complexity index is 1280. The van der Waals surface area contributed by atoms with Crippen LogP contribution in [0.4, 0.5) is 22.0 Å². The Labute approximate surface area is 241 Å². The average molecular weight is 601 g/mol. The van der Waals surface area contributed by atoms with E-state index in [1.165, 1.54) is 17.4 Å². The molecule has 3 rings (SSSR count). The zero-order valence-electron chi connectivity index (χ0n) is 23.1. The molecule has 2 aromatic carbocycles. The highest BCUT2D eigenvalue weighted by molar-refractivity contribution is 7.22. The number of alkyl halides is 5. The minimum Gasteiger partial charge on any atom is -0.494 e. The molecular weight excluding hydrogens is 563 g/mol. The van der Waals surface area contributed by atoms with Gasteiger partial charge in [0.15, 0.2) is 0 Å². The predicted molar refractivity (Wildman–Crippen MR) is 152 cm³/mol. The molecule has 0 spiro atoms. The fourth-order valence-electron chi connectivity index (χ4n) is 4.36. The van der Waals surface area contributed by atoms with Crippen molar-refractivity contribution >= 4 is 27.4 Å². The molecule has 0 saturated heterocycles. The van der Waals surface area contributed by atoms with Crippen molar-refractivity contribution in [3.63, 3.8) is 0 Å². The average Bonchev–Trinajstić information content (AvgIpc) is 3.36. The van der Waals surface area contributed by atoms with E-state index >= 15 is 0 Å². The van der Waals surface area contributed by atoms with Crippen LogP contribution in [0.2, 0.25) is 0 Å². The summed E-state index contributed by atoms with van der Waals surface area (Å²) in [5, 5.41) is 0.775. The highest BCUT2D eigenvalue weighted by atomic mass is 32.1. The summed E-state index contributed by atoms with van der Waals surface area (Å²) in [6.45, 7) is 1.86. The maximum Gasteiger partial charge on any atom is 0.417 e. The van der Waals surface area contributed by atoms with Crippen molar-refractivity contribution in [1.29, 1.82) is 0 Å². The minimum atomic E-state index is -4.48. The van der Waals surface area contributed by atoms with Crippen molar-refractivity contribution in [3.8, 4) is 16.2 Å². The van der Waals surface area contributed by atoms with Gasteiger partial charge in [0.2, 0.25) is 5.92 Å². The summed E-state index contributed by atoms with van der Waals surface area (Å²) in [6, 6.07) is 10.5. The zero-order chi connectivity index (χ0) is 30.0. The van der Waals surface area contributed by atoms with Crippen LogP contribution in [-0.4, -0.2) is 37.7 Å². The fourth-order valence-corrected chi connectivity index (χ4v) is 5.49. The first kappa shape index (κ1) is 32.8. The number of fused-ring (bicyclic) bond motifs is 1. The first-order valence-corrected chi connectivity index (χ1v) is 14.6. The summed E-state index contributed by atoms with van der Waals surface area (Å²) in [5.74, 6) is -3.20. The van der Waals surface area contributed by atoms with Gasteiger partial charge in [0.25, 0.3) is 0 Å². The largest absolute Gasteiger partial charge is 0.494 e. The molecule has 0 aliphatic carbocycles. The van der Waals surface area contributed by atoms with Gasteiger partial charge in [-0.2, -0.15) is 13.2 Å². The van der Waals surface area contributed by atoms with E-state index in [0.29, 0.717) is 22.6 Å². The van der Waals surface area contributed by atoms with E-state index < -0.39 is 42.5 Å². The lowest BCUT2D eigenvalue weighted by molar-refractivity contribution is -0.145. The lowest BCUT2D eigenvalue weighted by Crippen LogP contribution is -2.39. The summed E-state index contributed by atoms with van der Waals surface area (Å²) >= 11 is 1.23. The SMILES string of the molecule is CCCCCc1ccc(-c2cc3ccc(OCCCC(F)(F)CCCOC(=O)C(N)CN)cc3s2)c(C(F)(F)F)c1. The Morgan fingerprint density at radius 1 is 0.951 bits per heavy atom. The van der Waals surface area contributed by atoms with Gasteiger partial charge in [0.1, 0.15) is 11.8 Å². The minimum absolute atomic E-state index is 0.00803. The van der Waals surface area contributed by atoms with Gasteiger partial charge in [0.05, 0.1) is 18.8 Å². The molecular formula is C30H37F5N2O3S. The van der Waals surface area contributed by atoms with Gasteiger partial charge < -0.3 is 20.9 Å². The Morgan fingerprint density at radius 3 is 2.37 bits per heavy atom. The fraction of sp³-hybridized carbons (Fsp3) is 0.500. The van der Waals surface area contributed by atoms with Gasteiger partial charge in [-0.3, -0.25) is 4.79 Å². The number of halogens is 5. The lowest BCUT2D eigenvalue weighted by Gasteiger charge is -2.17. The number of hydrogen-bond donors (Lipinski definition) is 2. The van der Waals surface area contributed by atoms with Crippen LogP contribution in [0.15, 0.2) is 42.5 Å². The smallest absolute Gasteiger partial charge is 0.417 e. The van der Waals surface area contributed by atoms with Crippen LogP contribution < -0.4 is 16.2 Å². The number of aryl methyl sites for hydroxylation is 1. The molecule has 0 aliphatic rings. The highest BCUT2D eigenvalue weighted by Gasteiger charge is 2.34. The van der Waals surface area contributed by atoms with Crippen molar-refractivity contribution in [3.05, 3.63) is 53.6 Å². The van der Waals surface area contributed by atoms with Gasteiger partial charge in [-0.15, -0.1) is 11.3 Å². The molecule has 4 N–H and O–H groups in total. The number of rotatable bonds is 16. The molecule has 0 radical (unpaired) electrons. The number of benzene rings is 2. The van der Waals surface area contributed by atoms with Crippen LogP contribution in [0.25, 0.3) is 20.5 Å². The number of carbonyl (C=O) groups excluding carboxylic acids is 1. The van der Waals surface area contributed by atoms with Crippen LogP contribution in [0.3, 0.4) is 0 Å². The highest BCUT2D eigenvalue weighted by Crippen LogP contribution is 2.42. The van der Waals surface area contributed by atoms with Crippen molar-refractivity contribution in [1.82, 2.24) is 0 Å². The standard InChI is InChI=1S/C30H37F5N2O3S/c1-2-3-4-7-20-8-11-23(24(16-20)30(33,34)35)27-17-21-9-10-22(18-26(21)41-27)39-14-5-12-29(31,32)13-6-15-40-28(38)25(37)19-36/h8-11,16-18,25H,2-7,12-15,19,36-37H2,1H3. The third-order valence-corrected chi connectivity index (χ3v) is 7.79.